The van der Waals surface area contributed by atoms with E-state index in [0.29, 0.717) is 16.9 Å². The highest BCUT2D eigenvalue weighted by atomic mass is 32.2. The predicted molar refractivity (Wildman–Crippen MR) is 140 cm³/mol. The Morgan fingerprint density at radius 2 is 1.91 bits per heavy atom. The number of ether oxygens (including phenoxy) is 1. The maximum Gasteiger partial charge on any atom is 0.244 e. The first-order valence-electron chi connectivity index (χ1n) is 10.2. The van der Waals surface area contributed by atoms with E-state index in [4.69, 9.17) is 4.74 Å². The highest BCUT2D eigenvalue weighted by Crippen LogP contribution is 2.26. The molecule has 1 aromatic heterocycles. The highest BCUT2D eigenvalue weighted by molar-refractivity contribution is 7.98. The van der Waals surface area contributed by atoms with Gasteiger partial charge in [0.15, 0.2) is 15.0 Å². The third-order valence-electron chi connectivity index (χ3n) is 4.86. The van der Waals surface area contributed by atoms with Gasteiger partial charge < -0.3 is 15.0 Å². The van der Waals surface area contributed by atoms with Crippen LogP contribution >= 0.6 is 23.1 Å². The number of amides is 2. The summed E-state index contributed by atoms with van der Waals surface area (Å²) in [5.41, 5.74) is 1.60. The van der Waals surface area contributed by atoms with Gasteiger partial charge in [-0.2, -0.15) is 11.8 Å². The summed E-state index contributed by atoms with van der Waals surface area (Å²) in [7, 11) is -4.71. The molecule has 1 heterocycles. The second kappa shape index (κ2) is 11.6. The standard InChI is InChI=1S/C22H25N3O5S3Si/c1-30-18-10-9-16(13-19(18)33(3,28)29)20(26)25-34(12-11-31-2)22(27)24-21-23-17(14-32-21)15-7-5-4-6-8-15/h4-10,13-14,34H,11-12H2,1-3H3,(H,25,26)(H,23,24,27)/t34-/m0/s1. The zero-order valence-electron chi connectivity index (χ0n) is 18.9. The van der Waals surface area contributed by atoms with Gasteiger partial charge in [0.1, 0.15) is 10.6 Å². The zero-order chi connectivity index (χ0) is 24.7. The lowest BCUT2D eigenvalue weighted by molar-refractivity contribution is 0.0978. The maximum atomic E-state index is 13.0. The second-order valence-electron chi connectivity index (χ2n) is 7.34. The summed E-state index contributed by atoms with van der Waals surface area (Å²) in [4.78, 5) is 33.2. The van der Waals surface area contributed by atoms with Crippen LogP contribution < -0.4 is 15.0 Å². The minimum absolute atomic E-state index is 0.0781. The van der Waals surface area contributed by atoms with E-state index in [9.17, 15) is 18.0 Å². The van der Waals surface area contributed by atoms with Gasteiger partial charge in [-0.1, -0.05) is 30.3 Å². The monoisotopic (exact) mass is 535 g/mol. The molecule has 3 rings (SSSR count). The largest absolute Gasteiger partial charge is 0.495 e. The van der Waals surface area contributed by atoms with Crippen molar-refractivity contribution in [3.63, 3.8) is 0 Å². The van der Waals surface area contributed by atoms with Crippen LogP contribution in [0.2, 0.25) is 6.04 Å². The van der Waals surface area contributed by atoms with Crippen molar-refractivity contribution in [3.05, 3.63) is 59.5 Å². The third-order valence-corrected chi connectivity index (χ3v) is 10.1. The van der Waals surface area contributed by atoms with E-state index in [0.717, 1.165) is 17.5 Å². The first-order chi connectivity index (χ1) is 16.2. The van der Waals surface area contributed by atoms with Crippen molar-refractivity contribution >= 4 is 58.5 Å². The van der Waals surface area contributed by atoms with Crippen molar-refractivity contribution < 1.29 is 22.7 Å². The molecule has 2 amide bonds. The van der Waals surface area contributed by atoms with Crippen molar-refractivity contribution in [1.82, 2.24) is 9.97 Å². The molecule has 8 nitrogen and oxygen atoms in total. The lowest BCUT2D eigenvalue weighted by atomic mass is 10.2. The molecule has 0 fully saturated rings. The number of sulfone groups is 1. The third kappa shape index (κ3) is 6.69. The Kier molecular flexibility index (Phi) is 8.88. The van der Waals surface area contributed by atoms with E-state index in [1.165, 1.54) is 36.6 Å². The van der Waals surface area contributed by atoms with E-state index >= 15 is 0 Å². The summed E-state index contributed by atoms with van der Waals surface area (Å²) < 4.78 is 29.3. The molecule has 2 N–H and O–H groups in total. The van der Waals surface area contributed by atoms with Crippen molar-refractivity contribution in [2.45, 2.75) is 10.9 Å². The number of aromatic nitrogens is 1. The highest BCUT2D eigenvalue weighted by Gasteiger charge is 2.26. The van der Waals surface area contributed by atoms with Crippen LogP contribution in [0, 0.1) is 0 Å². The minimum atomic E-state index is -3.61. The van der Waals surface area contributed by atoms with Crippen LogP contribution in [0.3, 0.4) is 0 Å². The Morgan fingerprint density at radius 1 is 1.18 bits per heavy atom. The Morgan fingerprint density at radius 3 is 2.56 bits per heavy atom. The molecule has 0 unspecified atom stereocenters. The maximum absolute atomic E-state index is 13.0. The van der Waals surface area contributed by atoms with Gasteiger partial charge in [0.2, 0.25) is 20.4 Å². The topological polar surface area (TPSA) is 114 Å². The Balaban J connectivity index is 1.76. The molecule has 0 spiro atoms. The molecular formula is C22H25N3O5S3Si. The summed E-state index contributed by atoms with van der Waals surface area (Å²) >= 11 is 2.90. The molecule has 0 saturated heterocycles. The molecule has 0 aliphatic rings. The number of hydrogen-bond acceptors (Lipinski definition) is 8. The van der Waals surface area contributed by atoms with Gasteiger partial charge >= 0.3 is 0 Å². The Bertz CT molecular complexity index is 1270. The van der Waals surface area contributed by atoms with Gasteiger partial charge in [-0.25, -0.2) is 13.4 Å². The van der Waals surface area contributed by atoms with Crippen molar-refractivity contribution in [2.24, 2.45) is 0 Å². The van der Waals surface area contributed by atoms with E-state index in [1.807, 2.05) is 42.0 Å². The van der Waals surface area contributed by atoms with E-state index < -0.39 is 24.7 Å². The number of nitrogens with zero attached hydrogens (tertiary/aromatic N) is 1. The number of methoxy groups -OCH3 is 1. The molecule has 0 saturated carbocycles. The fraction of sp³-hybridized carbons (Fsp3) is 0.227. The number of nitrogens with one attached hydrogen (secondary N) is 2. The molecule has 12 heteroatoms. The molecule has 34 heavy (non-hydrogen) atoms. The molecule has 3 aromatic rings. The number of thiazole rings is 1. The van der Waals surface area contributed by atoms with Gasteiger partial charge in [0, 0.05) is 22.8 Å². The quantitative estimate of drug-likeness (QED) is 0.379. The molecule has 0 aliphatic carbocycles. The first-order valence-corrected chi connectivity index (χ1v) is 16.4. The minimum Gasteiger partial charge on any atom is -0.495 e. The molecule has 180 valence electrons. The average molecular weight is 536 g/mol. The number of hydrogen-bond donors (Lipinski definition) is 2. The fourth-order valence-corrected chi connectivity index (χ4v) is 8.02. The van der Waals surface area contributed by atoms with Crippen molar-refractivity contribution in [2.75, 3.05) is 30.7 Å². The van der Waals surface area contributed by atoms with E-state index in [1.54, 1.807) is 11.8 Å². The summed E-state index contributed by atoms with van der Waals surface area (Å²) in [5, 5.41) is 5.17. The summed E-state index contributed by atoms with van der Waals surface area (Å²) in [6.45, 7) is 0. The van der Waals surface area contributed by atoms with Crippen LogP contribution in [0.25, 0.3) is 11.3 Å². The van der Waals surface area contributed by atoms with E-state index in [-0.39, 0.29) is 21.7 Å². The number of carbonyl (C=O) groups is 2. The molecular weight excluding hydrogens is 511 g/mol. The number of carbonyl (C=O) groups excluding carboxylic acids is 2. The normalized spacial score (nSPS) is 12.1. The fourth-order valence-electron chi connectivity index (χ4n) is 3.12. The van der Waals surface area contributed by atoms with Crippen LogP contribution in [-0.2, 0) is 9.84 Å². The molecule has 0 radical (unpaired) electrons. The molecule has 2 aromatic carbocycles. The summed E-state index contributed by atoms with van der Waals surface area (Å²) in [5.74, 6) is 0.366. The van der Waals surface area contributed by atoms with Crippen molar-refractivity contribution in [3.8, 4) is 17.0 Å². The lowest BCUT2D eigenvalue weighted by Gasteiger charge is -2.16. The smallest absolute Gasteiger partial charge is 0.244 e. The van der Waals surface area contributed by atoms with Crippen LogP contribution in [0.4, 0.5) is 9.93 Å². The van der Waals surface area contributed by atoms with Crippen LogP contribution in [0.1, 0.15) is 10.4 Å². The van der Waals surface area contributed by atoms with Crippen LogP contribution in [0.15, 0.2) is 58.8 Å². The number of benzene rings is 2. The molecule has 0 bridgehead atoms. The Hall–Kier alpha value is -2.67. The number of anilines is 1. The zero-order valence-corrected chi connectivity index (χ0v) is 22.5. The first kappa shape index (κ1) is 25.9. The van der Waals surface area contributed by atoms with Gasteiger partial charge in [-0.15, -0.1) is 11.3 Å². The van der Waals surface area contributed by atoms with Crippen LogP contribution in [-0.4, -0.2) is 59.2 Å². The second-order valence-corrected chi connectivity index (χ2v) is 13.7. The van der Waals surface area contributed by atoms with Gasteiger partial charge in [0.25, 0.3) is 0 Å². The summed E-state index contributed by atoms with van der Waals surface area (Å²) in [6, 6.07) is 14.4. The van der Waals surface area contributed by atoms with Gasteiger partial charge in [-0.3, -0.25) is 9.59 Å². The summed E-state index contributed by atoms with van der Waals surface area (Å²) in [6.07, 6.45) is 2.98. The lowest BCUT2D eigenvalue weighted by Crippen LogP contribution is -2.47. The van der Waals surface area contributed by atoms with Gasteiger partial charge in [-0.05, 0) is 36.3 Å². The predicted octanol–water partition coefficient (Wildman–Crippen LogP) is 3.85. The molecule has 1 atom stereocenters. The SMILES string of the molecule is COc1ccc(C(=O)N[Si@@H](CCSC)C(=O)Nc2nc(-c3ccccc3)cs2)cc1S(C)(=O)=O. The number of thioether (sulfide) groups is 1. The van der Waals surface area contributed by atoms with Gasteiger partial charge in [0.05, 0.1) is 12.8 Å². The molecule has 0 aliphatic heterocycles. The Labute approximate surface area is 208 Å². The van der Waals surface area contributed by atoms with E-state index in [2.05, 4.69) is 15.3 Å². The number of rotatable bonds is 10. The van der Waals surface area contributed by atoms with Crippen LogP contribution in [0.5, 0.6) is 5.75 Å². The van der Waals surface area contributed by atoms with Crippen molar-refractivity contribution in [1.29, 1.82) is 0 Å². The average Bonchev–Trinajstić information content (AvgIpc) is 3.29.